The zero-order chi connectivity index (χ0) is 11.5. The molecule has 0 bridgehead atoms. The van der Waals surface area contributed by atoms with E-state index in [1.807, 2.05) is 0 Å². The van der Waals surface area contributed by atoms with Crippen molar-refractivity contribution in [2.45, 2.75) is 13.0 Å². The molecule has 0 atom stereocenters. The van der Waals surface area contributed by atoms with Crippen LogP contribution in [0.1, 0.15) is 11.1 Å². The lowest BCUT2D eigenvalue weighted by Gasteiger charge is -2.16. The van der Waals surface area contributed by atoms with Crippen molar-refractivity contribution in [3.63, 3.8) is 0 Å². The van der Waals surface area contributed by atoms with E-state index in [9.17, 15) is 0 Å². The van der Waals surface area contributed by atoms with Gasteiger partial charge in [-0.25, -0.2) is 0 Å². The third kappa shape index (κ3) is 1.86. The van der Waals surface area contributed by atoms with Crippen LogP contribution in [0.4, 0.5) is 5.69 Å². The fraction of sp³-hybridized carbons (Fsp3) is 0.500. The molecule has 1 aliphatic heterocycles. The van der Waals surface area contributed by atoms with E-state index in [-0.39, 0.29) is 0 Å². The highest BCUT2D eigenvalue weighted by Crippen LogP contribution is 2.36. The molecular weight excluding hydrogens is 204 g/mol. The molecule has 0 spiro atoms. The van der Waals surface area contributed by atoms with Crippen LogP contribution in [0.3, 0.4) is 0 Å². The lowest BCUT2D eigenvalue weighted by Crippen LogP contribution is -2.13. The van der Waals surface area contributed by atoms with Gasteiger partial charge in [0.1, 0.15) is 5.75 Å². The van der Waals surface area contributed by atoms with Gasteiger partial charge in [0.05, 0.1) is 14.2 Å². The summed E-state index contributed by atoms with van der Waals surface area (Å²) in [6, 6.07) is 4.24. The van der Waals surface area contributed by atoms with Gasteiger partial charge >= 0.3 is 0 Å². The molecule has 0 aliphatic carbocycles. The largest absolute Gasteiger partial charge is 0.496 e. The normalized spacial score (nSPS) is 14.1. The monoisotopic (exact) mass is 222 g/mol. The van der Waals surface area contributed by atoms with Gasteiger partial charge in [-0.1, -0.05) is 6.07 Å². The van der Waals surface area contributed by atoms with Crippen LogP contribution in [0.15, 0.2) is 12.1 Å². The van der Waals surface area contributed by atoms with Crippen LogP contribution in [0.5, 0.6) is 5.75 Å². The number of benzene rings is 1. The van der Waals surface area contributed by atoms with Gasteiger partial charge in [0.25, 0.3) is 0 Å². The maximum Gasteiger partial charge on any atom is 0.128 e. The second-order valence-corrected chi connectivity index (χ2v) is 3.95. The molecule has 0 aromatic heterocycles. The summed E-state index contributed by atoms with van der Waals surface area (Å²) < 4.78 is 5.51. The smallest absolute Gasteiger partial charge is 0.128 e. The van der Waals surface area contributed by atoms with E-state index in [2.05, 4.69) is 29.6 Å². The van der Waals surface area contributed by atoms with E-state index in [4.69, 9.17) is 9.57 Å². The first-order valence-corrected chi connectivity index (χ1v) is 5.43. The van der Waals surface area contributed by atoms with Crippen molar-refractivity contribution in [2.24, 2.45) is 0 Å². The third-order valence-electron chi connectivity index (χ3n) is 3.04. The van der Waals surface area contributed by atoms with Crippen molar-refractivity contribution >= 4 is 5.69 Å². The number of hydroxylamine groups is 1. The van der Waals surface area contributed by atoms with Crippen LogP contribution in [0.2, 0.25) is 0 Å². The van der Waals surface area contributed by atoms with E-state index >= 15 is 0 Å². The number of anilines is 1. The van der Waals surface area contributed by atoms with E-state index in [1.54, 1.807) is 14.2 Å². The van der Waals surface area contributed by atoms with Gasteiger partial charge in [0.15, 0.2) is 0 Å². The highest BCUT2D eigenvalue weighted by Gasteiger charge is 2.21. The average Bonchev–Trinajstić information content (AvgIpc) is 2.68. The van der Waals surface area contributed by atoms with Crippen LogP contribution in [-0.2, 0) is 17.8 Å². The van der Waals surface area contributed by atoms with Crippen molar-refractivity contribution in [2.75, 3.05) is 32.7 Å². The van der Waals surface area contributed by atoms with Gasteiger partial charge in [0.2, 0.25) is 0 Å². The van der Waals surface area contributed by atoms with Crippen LogP contribution in [-0.4, -0.2) is 27.8 Å². The molecule has 88 valence electrons. The number of ether oxygens (including phenoxy) is 1. The van der Waals surface area contributed by atoms with E-state index in [1.165, 1.54) is 11.3 Å². The summed E-state index contributed by atoms with van der Waals surface area (Å²) in [7, 11) is 5.45. The van der Waals surface area contributed by atoms with Crippen LogP contribution >= 0.6 is 0 Å². The molecule has 16 heavy (non-hydrogen) atoms. The minimum Gasteiger partial charge on any atom is -0.496 e. The zero-order valence-electron chi connectivity index (χ0n) is 10.0. The molecule has 0 saturated carbocycles. The Hall–Kier alpha value is -1.26. The van der Waals surface area contributed by atoms with E-state index in [0.29, 0.717) is 6.54 Å². The molecule has 0 amide bonds. The Morgan fingerprint density at radius 2 is 2.19 bits per heavy atom. The Labute approximate surface area is 96.1 Å². The number of nitrogens with one attached hydrogen (secondary N) is 1. The molecule has 0 saturated heterocycles. The number of rotatable bonds is 4. The summed E-state index contributed by atoms with van der Waals surface area (Å²) in [5, 5.41) is 0. The van der Waals surface area contributed by atoms with Crippen molar-refractivity contribution in [1.82, 2.24) is 5.48 Å². The molecule has 4 nitrogen and oxygen atoms in total. The molecule has 1 heterocycles. The van der Waals surface area contributed by atoms with E-state index < -0.39 is 0 Å². The molecule has 2 rings (SSSR count). The summed E-state index contributed by atoms with van der Waals surface area (Å²) in [5.41, 5.74) is 6.57. The predicted octanol–water partition coefficient (Wildman–Crippen LogP) is 1.34. The van der Waals surface area contributed by atoms with Crippen molar-refractivity contribution in [1.29, 1.82) is 0 Å². The van der Waals surface area contributed by atoms with Gasteiger partial charge in [-0.3, -0.25) is 0 Å². The molecule has 0 radical (unpaired) electrons. The Kier molecular flexibility index (Phi) is 3.31. The number of hydrogen-bond acceptors (Lipinski definition) is 4. The first kappa shape index (κ1) is 11.2. The second-order valence-electron chi connectivity index (χ2n) is 3.95. The second kappa shape index (κ2) is 4.72. The maximum atomic E-state index is 5.51. The molecular formula is C12H18N2O2. The lowest BCUT2D eigenvalue weighted by atomic mass is 10.1. The van der Waals surface area contributed by atoms with Crippen molar-refractivity contribution < 1.29 is 9.57 Å². The Morgan fingerprint density at radius 1 is 1.38 bits per heavy atom. The van der Waals surface area contributed by atoms with Gasteiger partial charge in [0, 0.05) is 37.0 Å². The Bertz CT molecular complexity index is 380. The topological polar surface area (TPSA) is 33.7 Å². The molecule has 1 aliphatic rings. The van der Waals surface area contributed by atoms with Gasteiger partial charge in [-0.05, 0) is 12.5 Å². The first-order chi connectivity index (χ1) is 7.77. The summed E-state index contributed by atoms with van der Waals surface area (Å²) in [6.45, 7) is 1.73. The van der Waals surface area contributed by atoms with Crippen LogP contribution < -0.4 is 15.1 Å². The predicted molar refractivity (Wildman–Crippen MR) is 63.8 cm³/mol. The summed E-state index contributed by atoms with van der Waals surface area (Å²) in [6.07, 6.45) is 1.05. The third-order valence-corrected chi connectivity index (χ3v) is 3.04. The Balaban J connectivity index is 2.34. The van der Waals surface area contributed by atoms with Crippen LogP contribution in [0.25, 0.3) is 0 Å². The van der Waals surface area contributed by atoms with Gasteiger partial charge in [-0.2, -0.15) is 5.48 Å². The summed E-state index contributed by atoms with van der Waals surface area (Å²) in [5.74, 6) is 0.992. The minimum atomic E-state index is 0.663. The summed E-state index contributed by atoms with van der Waals surface area (Å²) in [4.78, 5) is 7.13. The molecule has 1 N–H and O–H groups in total. The fourth-order valence-corrected chi connectivity index (χ4v) is 2.21. The number of fused-ring (bicyclic) bond motifs is 1. The molecule has 0 unspecified atom stereocenters. The molecule has 1 aromatic rings. The molecule has 0 fully saturated rings. The van der Waals surface area contributed by atoms with Gasteiger partial charge in [-0.15, -0.1) is 0 Å². The van der Waals surface area contributed by atoms with Gasteiger partial charge < -0.3 is 14.5 Å². The number of methoxy groups -OCH3 is 1. The van der Waals surface area contributed by atoms with Crippen LogP contribution in [0, 0.1) is 0 Å². The minimum absolute atomic E-state index is 0.663. The average molecular weight is 222 g/mol. The van der Waals surface area contributed by atoms with E-state index in [0.717, 1.165) is 24.3 Å². The summed E-state index contributed by atoms with van der Waals surface area (Å²) >= 11 is 0. The zero-order valence-corrected chi connectivity index (χ0v) is 10.0. The number of nitrogens with zero attached hydrogens (tertiary/aromatic N) is 1. The quantitative estimate of drug-likeness (QED) is 0.779. The number of hydrogen-bond donors (Lipinski definition) is 1. The first-order valence-electron chi connectivity index (χ1n) is 5.43. The standard InChI is InChI=1S/C12H18N2O2/c1-14-7-6-10-11(14)5-4-9(8-13-16-3)12(10)15-2/h4-5,13H,6-8H2,1-3H3. The highest BCUT2D eigenvalue weighted by atomic mass is 16.6. The highest BCUT2D eigenvalue weighted by molar-refractivity contribution is 5.65. The molecule has 1 aromatic carbocycles. The maximum absolute atomic E-state index is 5.51. The Morgan fingerprint density at radius 3 is 2.88 bits per heavy atom. The SMILES string of the molecule is CONCc1ccc2c(c1OC)CCN2C. The van der Waals surface area contributed by atoms with Crippen molar-refractivity contribution in [3.8, 4) is 5.75 Å². The molecule has 4 heteroatoms. The number of likely N-dealkylation sites (N-methyl/N-ethyl adjacent to an activating group) is 1. The fourth-order valence-electron chi connectivity index (χ4n) is 2.21. The lowest BCUT2D eigenvalue weighted by molar-refractivity contribution is 0.0861. The van der Waals surface area contributed by atoms with Crippen molar-refractivity contribution in [3.05, 3.63) is 23.3 Å².